The van der Waals surface area contributed by atoms with Gasteiger partial charge in [0.2, 0.25) is 5.91 Å². The number of nitrogens with zero attached hydrogens (tertiary/aromatic N) is 4. The first-order valence-electron chi connectivity index (χ1n) is 14.1. The Bertz CT molecular complexity index is 850. The van der Waals surface area contributed by atoms with E-state index in [9.17, 15) is 14.3 Å². The fourth-order valence-electron chi connectivity index (χ4n) is 4.34. The van der Waals surface area contributed by atoms with Crippen LogP contribution in [0.5, 0.6) is 0 Å². The second-order valence-corrected chi connectivity index (χ2v) is 11.5. The van der Waals surface area contributed by atoms with E-state index in [0.717, 1.165) is 25.7 Å². The van der Waals surface area contributed by atoms with Crippen LogP contribution < -0.4 is 11.2 Å². The van der Waals surface area contributed by atoms with Crippen LogP contribution in [0.3, 0.4) is 0 Å². The maximum atomic E-state index is 12.4. The van der Waals surface area contributed by atoms with Crippen molar-refractivity contribution in [3.8, 4) is 0 Å². The average molecular weight is 555 g/mol. The van der Waals surface area contributed by atoms with E-state index in [4.69, 9.17) is 10.6 Å². The molecule has 2 aliphatic heterocycles. The van der Waals surface area contributed by atoms with Gasteiger partial charge >= 0.3 is 7.60 Å². The number of carbonyl (C=O) groups is 1. The molecule has 0 fully saturated rings. The first-order valence-corrected chi connectivity index (χ1v) is 15.8. The predicted octanol–water partition coefficient (Wildman–Crippen LogP) is 4.67. The molecule has 0 saturated heterocycles. The Labute approximate surface area is 227 Å². The summed E-state index contributed by atoms with van der Waals surface area (Å²) in [5.41, 5.74) is 0. The van der Waals surface area contributed by atoms with Gasteiger partial charge in [0.05, 0.1) is 12.9 Å². The Hall–Kier alpha value is -1.91. The maximum Gasteiger partial charge on any atom is 0.369 e. The quantitative estimate of drug-likeness (QED) is 0.0807. The standard InChI is InChI=1S/C26H47N6O5P/c1-2-3-4-5-6-7-8-9-10-11-12-13-14-15-16-17-23(33)31-25-24-26(29-20-28-25)32(21-30-24)18-19-36-22-38(34,35)37-27/h9-10,20-21,24,26H,2-8,11-19,22,27H2,1H3,(H,34,35)(H,28,29,31,33)/b10-9-. The molecule has 4 N–H and O–H groups in total. The van der Waals surface area contributed by atoms with Crippen LogP contribution in [0.25, 0.3) is 0 Å². The first-order chi connectivity index (χ1) is 18.5. The molecule has 0 aromatic heterocycles. The number of ether oxygens (including phenoxy) is 1. The third kappa shape index (κ3) is 13.2. The molecule has 38 heavy (non-hydrogen) atoms. The van der Waals surface area contributed by atoms with E-state index < -0.39 is 20.0 Å². The lowest BCUT2D eigenvalue weighted by Crippen LogP contribution is -2.48. The van der Waals surface area contributed by atoms with Crippen LogP contribution in [-0.2, 0) is 18.7 Å². The number of nitrogens with two attached hydrogens (primary N) is 1. The highest BCUT2D eigenvalue weighted by molar-refractivity contribution is 7.52. The Morgan fingerprint density at radius 3 is 2.42 bits per heavy atom. The zero-order valence-electron chi connectivity index (χ0n) is 22.9. The van der Waals surface area contributed by atoms with Crippen LogP contribution in [-0.4, -0.2) is 65.9 Å². The molecule has 12 heteroatoms. The van der Waals surface area contributed by atoms with Crippen LogP contribution in [0.2, 0.25) is 0 Å². The summed E-state index contributed by atoms with van der Waals surface area (Å²) in [5, 5.41) is 2.89. The van der Waals surface area contributed by atoms with E-state index in [-0.39, 0.29) is 18.7 Å². The van der Waals surface area contributed by atoms with Crippen molar-refractivity contribution in [1.82, 2.24) is 10.2 Å². The molecule has 0 aliphatic carbocycles. The van der Waals surface area contributed by atoms with E-state index in [1.54, 1.807) is 6.34 Å². The van der Waals surface area contributed by atoms with Crippen LogP contribution >= 0.6 is 7.60 Å². The van der Waals surface area contributed by atoms with Gasteiger partial charge in [-0.1, -0.05) is 70.4 Å². The summed E-state index contributed by atoms with van der Waals surface area (Å²) >= 11 is 0. The minimum absolute atomic E-state index is 0.0621. The van der Waals surface area contributed by atoms with Gasteiger partial charge in [0, 0.05) is 13.0 Å². The van der Waals surface area contributed by atoms with Gasteiger partial charge in [0.25, 0.3) is 0 Å². The van der Waals surface area contributed by atoms with E-state index >= 15 is 0 Å². The third-order valence-corrected chi connectivity index (χ3v) is 7.38. The summed E-state index contributed by atoms with van der Waals surface area (Å²) in [7, 11) is -3.91. The Morgan fingerprint density at radius 1 is 1.08 bits per heavy atom. The summed E-state index contributed by atoms with van der Waals surface area (Å²) in [4.78, 5) is 36.5. The number of rotatable bonds is 21. The van der Waals surface area contributed by atoms with Crippen LogP contribution in [0.1, 0.15) is 96.8 Å². The van der Waals surface area contributed by atoms with Gasteiger partial charge in [0.1, 0.15) is 24.6 Å². The fourth-order valence-corrected chi connectivity index (χ4v) is 4.76. The number of aliphatic imine (C=N–C) groups is 3. The minimum Gasteiger partial charge on any atom is -0.367 e. The molecule has 2 heterocycles. The zero-order chi connectivity index (χ0) is 27.5. The average Bonchev–Trinajstić information content (AvgIpc) is 3.33. The molecule has 1 amide bonds. The van der Waals surface area contributed by atoms with Gasteiger partial charge in [0.15, 0.2) is 6.17 Å². The third-order valence-electron chi connectivity index (χ3n) is 6.54. The van der Waals surface area contributed by atoms with Crippen molar-refractivity contribution < 1.29 is 23.6 Å². The maximum absolute atomic E-state index is 12.4. The number of nitrogens with one attached hydrogen (secondary N) is 1. The Balaban J connectivity index is 1.50. The molecule has 0 aromatic carbocycles. The SMILES string of the molecule is CCCCCCCC/C=C\CCCCCCCC(=O)NC1=NC=NC2C1N=CN2CCOCP(=O)(O)ON. The minimum atomic E-state index is -3.91. The lowest BCUT2D eigenvalue weighted by Gasteiger charge is -2.27. The van der Waals surface area contributed by atoms with E-state index in [1.807, 2.05) is 4.90 Å². The molecule has 2 rings (SSSR count). The molecule has 0 aromatic rings. The lowest BCUT2D eigenvalue weighted by atomic mass is 10.1. The number of fused-ring (bicyclic) bond motifs is 1. The van der Waals surface area contributed by atoms with Crippen molar-refractivity contribution in [2.75, 3.05) is 19.5 Å². The smallest absolute Gasteiger partial charge is 0.367 e. The van der Waals surface area contributed by atoms with Gasteiger partial charge < -0.3 is 19.8 Å². The molecule has 0 spiro atoms. The molecule has 0 bridgehead atoms. The van der Waals surface area contributed by atoms with Gasteiger partial charge in [-0.25, -0.2) is 20.5 Å². The molecule has 3 unspecified atom stereocenters. The van der Waals surface area contributed by atoms with E-state index in [0.29, 0.717) is 18.8 Å². The lowest BCUT2D eigenvalue weighted by molar-refractivity contribution is -0.119. The molecular formula is C26H47N6O5P. The van der Waals surface area contributed by atoms with Gasteiger partial charge in [-0.15, -0.1) is 0 Å². The number of unbranched alkanes of at least 4 members (excludes halogenated alkanes) is 11. The van der Waals surface area contributed by atoms with Crippen LogP contribution in [0.4, 0.5) is 0 Å². The molecular weight excluding hydrogens is 507 g/mol. The van der Waals surface area contributed by atoms with Crippen molar-refractivity contribution in [3.05, 3.63) is 12.2 Å². The zero-order valence-corrected chi connectivity index (χ0v) is 23.8. The van der Waals surface area contributed by atoms with E-state index in [1.165, 1.54) is 64.1 Å². The highest BCUT2D eigenvalue weighted by atomic mass is 31.2. The normalized spacial score (nSPS) is 20.1. The van der Waals surface area contributed by atoms with Crippen LogP contribution in [0, 0.1) is 0 Å². The highest BCUT2D eigenvalue weighted by Crippen LogP contribution is 2.39. The summed E-state index contributed by atoms with van der Waals surface area (Å²) in [6, 6.07) is -0.394. The topological polar surface area (TPSA) is 151 Å². The molecule has 0 radical (unpaired) electrons. The Morgan fingerprint density at radius 2 is 1.74 bits per heavy atom. The molecule has 3 atom stereocenters. The highest BCUT2D eigenvalue weighted by Gasteiger charge is 2.36. The number of carbonyl (C=O) groups excluding carboxylic acids is 1. The van der Waals surface area contributed by atoms with Crippen LogP contribution in [0.15, 0.2) is 27.1 Å². The molecule has 0 saturated carbocycles. The van der Waals surface area contributed by atoms with Crippen molar-refractivity contribution in [1.29, 1.82) is 0 Å². The number of hydrogen-bond donors (Lipinski definition) is 3. The van der Waals surface area contributed by atoms with Gasteiger partial charge in [-0.3, -0.25) is 14.4 Å². The largest absolute Gasteiger partial charge is 0.369 e. The Kier molecular flexibility index (Phi) is 16.3. The number of amides is 1. The monoisotopic (exact) mass is 554 g/mol. The first kappa shape index (κ1) is 32.3. The van der Waals surface area contributed by atoms with Crippen molar-refractivity contribution in [2.24, 2.45) is 20.9 Å². The molecule has 216 valence electrons. The number of hydrogen-bond acceptors (Lipinski definition) is 9. The summed E-state index contributed by atoms with van der Waals surface area (Å²) in [6.45, 7) is 2.80. The second kappa shape index (κ2) is 19.2. The second-order valence-electron chi connectivity index (χ2n) is 9.80. The van der Waals surface area contributed by atoms with Gasteiger partial charge in [-0.05, 0) is 32.1 Å². The fraction of sp³-hybridized carbons (Fsp3) is 0.769. The van der Waals surface area contributed by atoms with Crippen molar-refractivity contribution in [3.63, 3.8) is 0 Å². The van der Waals surface area contributed by atoms with E-state index in [2.05, 4.69) is 44.0 Å². The summed E-state index contributed by atoms with van der Waals surface area (Å²) < 4.78 is 20.5. The van der Waals surface area contributed by atoms with Crippen molar-refractivity contribution >= 4 is 32.0 Å². The van der Waals surface area contributed by atoms with Gasteiger partial charge in [-0.2, -0.15) is 0 Å². The molecule has 2 aliphatic rings. The summed E-state index contributed by atoms with van der Waals surface area (Å²) in [6.07, 6.45) is 23.2. The van der Waals surface area contributed by atoms with Crippen molar-refractivity contribution in [2.45, 2.75) is 109 Å². The summed E-state index contributed by atoms with van der Waals surface area (Å²) in [5.74, 6) is 5.17. The number of amidine groups is 1. The predicted molar refractivity (Wildman–Crippen MR) is 152 cm³/mol. The number of allylic oxidation sites excluding steroid dienone is 2. The molecule has 11 nitrogen and oxygen atoms in total.